The molecule has 7 aromatic rings. The summed E-state index contributed by atoms with van der Waals surface area (Å²) in [4.78, 5) is 14.7. The molecule has 3 aromatic carbocycles. The molecule has 13 heteroatoms. The second kappa shape index (κ2) is 17.6. The predicted molar refractivity (Wildman–Crippen MR) is 253 cm³/mol. The number of hydrogen-bond donors (Lipinski definition) is 1. The standard InChI is InChI=1S/C28H31N5O2S.C22H25BrN4/c1-36(34,35)25-4-2-3-23(15-25)26-17-31-33-18-24(16-30-27(26)33)22-7-5-21(6-8-22)9-12-32-13-10-28(11-14-32)19-29-20-28;23-20-15-25-27-16-19(14-24-21(20)27)18-4-2-17(3-5-18)6-11-26-12-9-22(10-13-26)7-1-8-22/h2-8,15-18,29H,9-14,19-20H2,1H3;2-5,14-16H,1,6-13H2. The second-order valence-electron chi connectivity index (χ2n) is 18.6. The van der Waals surface area contributed by atoms with Gasteiger partial charge in [-0.05, 0) is 144 Å². The second-order valence-corrected chi connectivity index (χ2v) is 21.5. The van der Waals surface area contributed by atoms with Gasteiger partial charge in [0.15, 0.2) is 21.1 Å². The molecular formula is C50H56BrN9O2S. The van der Waals surface area contributed by atoms with Gasteiger partial charge in [-0.25, -0.2) is 27.4 Å². The van der Waals surface area contributed by atoms with Crippen LogP contribution in [0.25, 0.3) is 44.7 Å². The maximum Gasteiger partial charge on any atom is 0.175 e. The Hall–Kier alpha value is -4.79. The number of aromatic nitrogens is 6. The summed E-state index contributed by atoms with van der Waals surface area (Å²) >= 11 is 3.47. The number of rotatable bonds is 10. The first-order valence-electron chi connectivity index (χ1n) is 22.6. The van der Waals surface area contributed by atoms with Crippen molar-refractivity contribution < 1.29 is 8.42 Å². The SMILES string of the molecule is Brc1cnn2cc(-c3ccc(CCN4CCC5(CCC5)CC4)cc3)cnc12.CS(=O)(=O)c1cccc(-c2cnn3cc(-c4ccc(CCN5CCC6(CC5)CNC6)cc4)cnc23)c1. The zero-order valence-electron chi connectivity index (χ0n) is 36.1. The Bertz CT molecular complexity index is 2810. The Balaban J connectivity index is 0.000000156. The molecule has 1 saturated carbocycles. The van der Waals surface area contributed by atoms with Gasteiger partial charge < -0.3 is 15.1 Å². The van der Waals surface area contributed by atoms with Gasteiger partial charge in [0.05, 0.1) is 21.8 Å². The van der Waals surface area contributed by atoms with Crippen molar-refractivity contribution in [3.05, 3.63) is 126 Å². The van der Waals surface area contributed by atoms with Gasteiger partial charge in [0, 0.05) is 73.9 Å². The molecule has 0 atom stereocenters. The number of nitrogens with zero attached hydrogens (tertiary/aromatic N) is 8. The molecule has 0 unspecified atom stereocenters. The summed E-state index contributed by atoms with van der Waals surface area (Å²) in [6, 6.07) is 24.6. The van der Waals surface area contributed by atoms with E-state index in [1.54, 1.807) is 35.1 Å². The maximum atomic E-state index is 12.0. The normalized spacial score (nSPS) is 18.6. The van der Waals surface area contributed by atoms with E-state index in [-0.39, 0.29) is 4.90 Å². The molecule has 3 aliphatic heterocycles. The summed E-state index contributed by atoms with van der Waals surface area (Å²) in [7, 11) is -3.28. The number of piperidine rings is 2. The molecule has 4 fully saturated rings. The van der Waals surface area contributed by atoms with Crippen LogP contribution in [-0.2, 0) is 22.7 Å². The fraction of sp³-hybridized carbons (Fsp3) is 0.400. The van der Waals surface area contributed by atoms with Crippen LogP contribution < -0.4 is 5.32 Å². The van der Waals surface area contributed by atoms with Gasteiger partial charge in [0.25, 0.3) is 0 Å². The van der Waals surface area contributed by atoms with Crippen LogP contribution in [0.15, 0.2) is 119 Å². The van der Waals surface area contributed by atoms with E-state index in [2.05, 4.69) is 99.7 Å². The third-order valence-electron chi connectivity index (χ3n) is 14.5. The van der Waals surface area contributed by atoms with E-state index in [0.717, 1.165) is 62.7 Å². The third-order valence-corrected chi connectivity index (χ3v) is 16.2. The molecule has 7 heterocycles. The summed E-state index contributed by atoms with van der Waals surface area (Å²) in [5, 5.41) is 12.3. The lowest BCUT2D eigenvalue weighted by Gasteiger charge is -2.48. The molecule has 0 radical (unpaired) electrons. The zero-order valence-corrected chi connectivity index (χ0v) is 38.5. The molecule has 1 N–H and O–H groups in total. The molecule has 0 amide bonds. The van der Waals surface area contributed by atoms with Gasteiger partial charge in [0.2, 0.25) is 0 Å². The Kier molecular flexibility index (Phi) is 11.8. The van der Waals surface area contributed by atoms with Crippen molar-refractivity contribution in [1.82, 2.24) is 44.3 Å². The van der Waals surface area contributed by atoms with E-state index in [4.69, 9.17) is 0 Å². The van der Waals surface area contributed by atoms with E-state index in [0.29, 0.717) is 11.1 Å². The zero-order chi connectivity index (χ0) is 43.0. The van der Waals surface area contributed by atoms with Crippen LogP contribution in [0.1, 0.15) is 56.1 Å². The minimum Gasteiger partial charge on any atom is -0.316 e. The molecule has 326 valence electrons. The van der Waals surface area contributed by atoms with Crippen molar-refractivity contribution in [2.75, 3.05) is 58.6 Å². The van der Waals surface area contributed by atoms with E-state index < -0.39 is 9.84 Å². The Labute approximate surface area is 379 Å². The average molecular weight is 927 g/mol. The molecule has 1 aliphatic carbocycles. The van der Waals surface area contributed by atoms with Crippen molar-refractivity contribution >= 4 is 37.1 Å². The first kappa shape index (κ1) is 42.2. The van der Waals surface area contributed by atoms with Crippen LogP contribution in [0.2, 0.25) is 0 Å². The van der Waals surface area contributed by atoms with Crippen LogP contribution in [0, 0.1) is 10.8 Å². The van der Waals surface area contributed by atoms with Gasteiger partial charge in [-0.3, -0.25) is 0 Å². The van der Waals surface area contributed by atoms with Gasteiger partial charge in [-0.2, -0.15) is 10.2 Å². The van der Waals surface area contributed by atoms with Crippen LogP contribution in [0.3, 0.4) is 0 Å². The van der Waals surface area contributed by atoms with Crippen molar-refractivity contribution in [2.45, 2.75) is 62.7 Å². The summed E-state index contributed by atoms with van der Waals surface area (Å²) in [6.07, 6.45) is 24.6. The van der Waals surface area contributed by atoms with Gasteiger partial charge in [-0.1, -0.05) is 67.1 Å². The molecule has 63 heavy (non-hydrogen) atoms. The van der Waals surface area contributed by atoms with Crippen LogP contribution >= 0.6 is 15.9 Å². The lowest BCUT2D eigenvalue weighted by Crippen LogP contribution is -2.58. The van der Waals surface area contributed by atoms with Crippen LogP contribution in [0.5, 0.6) is 0 Å². The maximum absolute atomic E-state index is 12.0. The topological polar surface area (TPSA) is 113 Å². The minimum atomic E-state index is -3.28. The quantitative estimate of drug-likeness (QED) is 0.144. The molecule has 2 spiro atoms. The van der Waals surface area contributed by atoms with Gasteiger partial charge in [-0.15, -0.1) is 0 Å². The highest BCUT2D eigenvalue weighted by atomic mass is 79.9. The highest BCUT2D eigenvalue weighted by Crippen LogP contribution is 2.48. The number of nitrogens with one attached hydrogen (secondary N) is 1. The number of hydrogen-bond acceptors (Lipinski definition) is 9. The first-order valence-corrected chi connectivity index (χ1v) is 25.2. The van der Waals surface area contributed by atoms with Crippen molar-refractivity contribution in [2.24, 2.45) is 10.8 Å². The number of sulfone groups is 1. The molecule has 4 aliphatic rings. The van der Waals surface area contributed by atoms with Crippen molar-refractivity contribution in [3.8, 4) is 33.4 Å². The van der Waals surface area contributed by atoms with E-state index in [9.17, 15) is 8.42 Å². The molecular weight excluding hydrogens is 871 g/mol. The Morgan fingerprint density at radius 1 is 0.619 bits per heavy atom. The fourth-order valence-corrected chi connectivity index (χ4v) is 11.0. The smallest absolute Gasteiger partial charge is 0.175 e. The Morgan fingerprint density at radius 3 is 1.68 bits per heavy atom. The summed E-state index contributed by atoms with van der Waals surface area (Å²) in [6.45, 7) is 9.74. The third kappa shape index (κ3) is 9.26. The highest BCUT2D eigenvalue weighted by molar-refractivity contribution is 9.10. The minimum absolute atomic E-state index is 0.288. The number of halogens is 1. The predicted octanol–water partition coefficient (Wildman–Crippen LogP) is 8.66. The first-order chi connectivity index (χ1) is 30.6. The summed E-state index contributed by atoms with van der Waals surface area (Å²) < 4.78 is 28.4. The van der Waals surface area contributed by atoms with Crippen molar-refractivity contribution in [1.29, 1.82) is 0 Å². The van der Waals surface area contributed by atoms with E-state index >= 15 is 0 Å². The highest BCUT2D eigenvalue weighted by Gasteiger charge is 2.40. The monoisotopic (exact) mass is 925 g/mol. The fourth-order valence-electron chi connectivity index (χ4n) is 9.93. The van der Waals surface area contributed by atoms with Crippen LogP contribution in [0.4, 0.5) is 0 Å². The number of likely N-dealkylation sites (tertiary alicyclic amines) is 2. The summed E-state index contributed by atoms with van der Waals surface area (Å²) in [5.74, 6) is 0. The largest absolute Gasteiger partial charge is 0.316 e. The van der Waals surface area contributed by atoms with Gasteiger partial charge in [0.1, 0.15) is 0 Å². The molecule has 3 saturated heterocycles. The number of fused-ring (bicyclic) bond motifs is 2. The summed E-state index contributed by atoms with van der Waals surface area (Å²) in [5.41, 5.74) is 11.6. The average Bonchev–Trinajstić information content (AvgIpc) is 3.90. The number of benzene rings is 3. The molecule has 11 nitrogen and oxygen atoms in total. The van der Waals surface area contributed by atoms with Crippen molar-refractivity contribution in [3.63, 3.8) is 0 Å². The Morgan fingerprint density at radius 2 is 1.16 bits per heavy atom. The van der Waals surface area contributed by atoms with Crippen LogP contribution in [-0.4, -0.2) is 106 Å². The lowest BCUT2D eigenvalue weighted by molar-refractivity contribution is 0.0340. The molecule has 4 aromatic heterocycles. The molecule has 0 bridgehead atoms. The van der Waals surface area contributed by atoms with E-state index in [1.807, 2.05) is 35.4 Å². The van der Waals surface area contributed by atoms with Gasteiger partial charge >= 0.3 is 0 Å². The molecule has 11 rings (SSSR count). The lowest BCUT2D eigenvalue weighted by atomic mass is 9.63. The van der Waals surface area contributed by atoms with E-state index in [1.165, 1.54) is 114 Å².